The lowest BCUT2D eigenvalue weighted by Crippen LogP contribution is -2.26. The fourth-order valence-corrected chi connectivity index (χ4v) is 1.77. The molecule has 1 aromatic rings. The summed E-state index contributed by atoms with van der Waals surface area (Å²) < 4.78 is 18.6. The molecule has 1 aromatic carbocycles. The number of hydrogen-bond donors (Lipinski definition) is 0. The molecule has 1 atom stereocenters. The van der Waals surface area contributed by atoms with E-state index in [-0.39, 0.29) is 0 Å². The van der Waals surface area contributed by atoms with E-state index in [1.807, 2.05) is 0 Å². The summed E-state index contributed by atoms with van der Waals surface area (Å²) in [7, 11) is 0. The Bertz CT molecular complexity index is 643. The predicted octanol–water partition coefficient (Wildman–Crippen LogP) is 3.26. The third-order valence-corrected chi connectivity index (χ3v) is 2.79. The molecule has 8 nitrogen and oxygen atoms in total. The Morgan fingerprint density at radius 2 is 1.73 bits per heavy atom. The number of esters is 1. The minimum atomic E-state index is -1.67. The van der Waals surface area contributed by atoms with Crippen LogP contribution in [0.2, 0.25) is 0 Å². The molecule has 0 aliphatic heterocycles. The highest BCUT2D eigenvalue weighted by Crippen LogP contribution is 2.35. The highest BCUT2D eigenvalue weighted by atomic mass is 35.5. The van der Waals surface area contributed by atoms with Crippen LogP contribution in [-0.4, -0.2) is 21.4 Å². The number of rotatable bonds is 4. The number of carbonyl (C=O) groups is 1. The van der Waals surface area contributed by atoms with Crippen molar-refractivity contribution in [3.8, 4) is 0 Å². The van der Waals surface area contributed by atoms with Gasteiger partial charge in [0.1, 0.15) is 5.60 Å². The maximum Gasteiger partial charge on any atom is 0.329 e. The van der Waals surface area contributed by atoms with Crippen molar-refractivity contribution >= 4 is 28.9 Å². The van der Waals surface area contributed by atoms with Crippen LogP contribution >= 0.6 is 11.6 Å². The average Bonchev–Trinajstić information content (AvgIpc) is 2.34. The van der Waals surface area contributed by atoms with Crippen LogP contribution in [0.5, 0.6) is 0 Å². The summed E-state index contributed by atoms with van der Waals surface area (Å²) >= 11 is 5.80. The topological polar surface area (TPSA) is 113 Å². The van der Waals surface area contributed by atoms with Gasteiger partial charge in [0.2, 0.25) is 5.82 Å². The second-order valence-electron chi connectivity index (χ2n) is 5.27. The van der Waals surface area contributed by atoms with Crippen molar-refractivity contribution in [2.45, 2.75) is 31.7 Å². The molecule has 0 aliphatic carbocycles. The maximum atomic E-state index is 13.6. The van der Waals surface area contributed by atoms with Crippen LogP contribution < -0.4 is 0 Å². The van der Waals surface area contributed by atoms with Gasteiger partial charge in [-0.15, -0.1) is 11.6 Å². The zero-order valence-electron chi connectivity index (χ0n) is 11.8. The fraction of sp³-hybridized carbons (Fsp3) is 0.417. The fourth-order valence-electron chi connectivity index (χ4n) is 1.55. The number of nitrogens with zero attached hydrogens (tertiary/aromatic N) is 2. The standard InChI is InChI=1S/C12H12ClFN2O6/c1-12(2,3)22-11(17)10(13)6-4-7(14)9(16(20)21)5-8(6)15(18)19/h4-5,10H,1-3H3. The van der Waals surface area contributed by atoms with Gasteiger partial charge in [-0.3, -0.25) is 25.0 Å². The second-order valence-corrected chi connectivity index (χ2v) is 5.71. The number of ether oxygens (including phenoxy) is 1. The van der Waals surface area contributed by atoms with Crippen molar-refractivity contribution in [2.75, 3.05) is 0 Å². The van der Waals surface area contributed by atoms with Gasteiger partial charge in [-0.25, -0.2) is 0 Å². The van der Waals surface area contributed by atoms with Gasteiger partial charge in [0.15, 0.2) is 5.38 Å². The Balaban J connectivity index is 3.34. The molecule has 120 valence electrons. The monoisotopic (exact) mass is 334 g/mol. The summed E-state index contributed by atoms with van der Waals surface area (Å²) in [4.78, 5) is 31.3. The average molecular weight is 335 g/mol. The summed E-state index contributed by atoms with van der Waals surface area (Å²) in [6.07, 6.45) is 0. The lowest BCUT2D eigenvalue weighted by Gasteiger charge is -2.21. The van der Waals surface area contributed by atoms with Crippen molar-refractivity contribution in [1.29, 1.82) is 0 Å². The van der Waals surface area contributed by atoms with Gasteiger partial charge in [0.05, 0.1) is 21.5 Å². The van der Waals surface area contributed by atoms with Crippen LogP contribution in [0.15, 0.2) is 12.1 Å². The van der Waals surface area contributed by atoms with E-state index in [0.717, 1.165) is 0 Å². The van der Waals surface area contributed by atoms with E-state index in [9.17, 15) is 29.4 Å². The molecule has 1 rings (SSSR count). The van der Waals surface area contributed by atoms with Gasteiger partial charge in [-0.2, -0.15) is 4.39 Å². The summed E-state index contributed by atoms with van der Waals surface area (Å²) in [6.45, 7) is 4.66. The maximum absolute atomic E-state index is 13.6. The van der Waals surface area contributed by atoms with Crippen LogP contribution in [0.1, 0.15) is 31.7 Å². The molecule has 10 heteroatoms. The molecule has 0 bridgehead atoms. The van der Waals surface area contributed by atoms with Crippen LogP contribution in [0.3, 0.4) is 0 Å². The number of carbonyl (C=O) groups excluding carboxylic acids is 1. The molecular formula is C12H12ClFN2O6. The Labute approximate surface area is 129 Å². The normalized spacial score (nSPS) is 12.6. The number of halogens is 2. The van der Waals surface area contributed by atoms with Gasteiger partial charge in [0, 0.05) is 0 Å². The van der Waals surface area contributed by atoms with Crippen molar-refractivity contribution in [1.82, 2.24) is 0 Å². The van der Waals surface area contributed by atoms with E-state index in [1.54, 1.807) is 20.8 Å². The first-order valence-electron chi connectivity index (χ1n) is 5.93. The number of alkyl halides is 1. The number of nitro groups is 2. The zero-order valence-corrected chi connectivity index (χ0v) is 12.6. The van der Waals surface area contributed by atoms with Gasteiger partial charge in [0.25, 0.3) is 5.69 Å². The number of nitro benzene ring substituents is 2. The Hall–Kier alpha value is -2.29. The molecule has 0 saturated heterocycles. The van der Waals surface area contributed by atoms with Gasteiger partial charge >= 0.3 is 11.7 Å². The Morgan fingerprint density at radius 1 is 1.23 bits per heavy atom. The molecule has 0 aromatic heterocycles. The molecule has 0 N–H and O–H groups in total. The lowest BCUT2D eigenvalue weighted by molar-refractivity contribution is -0.396. The molecular weight excluding hydrogens is 323 g/mol. The lowest BCUT2D eigenvalue weighted by atomic mass is 10.1. The van der Waals surface area contributed by atoms with E-state index in [2.05, 4.69) is 0 Å². The quantitative estimate of drug-likeness (QED) is 0.361. The molecule has 0 heterocycles. The van der Waals surface area contributed by atoms with E-state index < -0.39 is 49.5 Å². The van der Waals surface area contributed by atoms with Crippen LogP contribution in [0, 0.1) is 26.0 Å². The minimum Gasteiger partial charge on any atom is -0.459 e. The highest BCUT2D eigenvalue weighted by molar-refractivity contribution is 6.30. The first-order valence-corrected chi connectivity index (χ1v) is 6.37. The molecule has 22 heavy (non-hydrogen) atoms. The summed E-state index contributed by atoms with van der Waals surface area (Å²) in [5.41, 5.74) is -3.33. The molecule has 0 aliphatic rings. The minimum absolute atomic E-state index is 0.421. The highest BCUT2D eigenvalue weighted by Gasteiger charge is 2.33. The van der Waals surface area contributed by atoms with E-state index in [1.165, 1.54) is 0 Å². The number of benzene rings is 1. The Morgan fingerprint density at radius 3 is 2.14 bits per heavy atom. The molecule has 1 unspecified atom stereocenters. The third kappa shape index (κ3) is 4.10. The van der Waals surface area contributed by atoms with Crippen molar-refractivity contribution in [3.63, 3.8) is 0 Å². The first kappa shape index (κ1) is 17.8. The summed E-state index contributed by atoms with van der Waals surface area (Å²) in [5.74, 6) is -2.36. The van der Waals surface area contributed by atoms with Crippen molar-refractivity contribution in [3.05, 3.63) is 43.7 Å². The predicted molar refractivity (Wildman–Crippen MR) is 74.1 cm³/mol. The van der Waals surface area contributed by atoms with Crippen LogP contribution in [0.4, 0.5) is 15.8 Å². The summed E-state index contributed by atoms with van der Waals surface area (Å²) in [5, 5.41) is 19.9. The molecule has 0 fully saturated rings. The van der Waals surface area contributed by atoms with Crippen LogP contribution in [0.25, 0.3) is 0 Å². The molecule has 0 amide bonds. The SMILES string of the molecule is CC(C)(C)OC(=O)C(Cl)c1cc(F)c([N+](=O)[O-])cc1[N+](=O)[O-]. The molecule has 0 saturated carbocycles. The van der Waals surface area contributed by atoms with Crippen LogP contribution in [-0.2, 0) is 9.53 Å². The molecule has 0 spiro atoms. The first-order chi connectivity index (χ1) is 9.94. The van der Waals surface area contributed by atoms with Gasteiger partial charge in [-0.05, 0) is 26.8 Å². The number of hydrogen-bond acceptors (Lipinski definition) is 6. The van der Waals surface area contributed by atoms with E-state index in [0.29, 0.717) is 12.1 Å². The van der Waals surface area contributed by atoms with E-state index >= 15 is 0 Å². The van der Waals surface area contributed by atoms with Gasteiger partial charge in [-0.1, -0.05) is 0 Å². The van der Waals surface area contributed by atoms with Crippen molar-refractivity contribution in [2.24, 2.45) is 0 Å². The third-order valence-electron chi connectivity index (χ3n) is 2.38. The second kappa shape index (κ2) is 6.22. The van der Waals surface area contributed by atoms with Crippen molar-refractivity contribution < 1.29 is 23.8 Å². The van der Waals surface area contributed by atoms with Gasteiger partial charge < -0.3 is 4.74 Å². The largest absolute Gasteiger partial charge is 0.459 e. The summed E-state index contributed by atoms with van der Waals surface area (Å²) in [6, 6.07) is 0.919. The molecule has 0 radical (unpaired) electrons. The zero-order chi connectivity index (χ0) is 17.2. The smallest absolute Gasteiger partial charge is 0.329 e. The Kier molecular flexibility index (Phi) is 5.02. The van der Waals surface area contributed by atoms with E-state index in [4.69, 9.17) is 16.3 Å².